The third-order valence-corrected chi connectivity index (χ3v) is 10.8. The van der Waals surface area contributed by atoms with Crippen LogP contribution in [0.25, 0.3) is 98.2 Å². The molecular formula is C45H27N5S. The lowest BCUT2D eigenvalue weighted by Crippen LogP contribution is -2.07. The third-order valence-electron chi connectivity index (χ3n) is 9.67. The van der Waals surface area contributed by atoms with Gasteiger partial charge < -0.3 is 4.57 Å². The van der Waals surface area contributed by atoms with Gasteiger partial charge in [0.15, 0.2) is 11.6 Å². The van der Waals surface area contributed by atoms with Gasteiger partial charge in [0.25, 0.3) is 0 Å². The first-order valence-electron chi connectivity index (χ1n) is 19.1. The number of fused-ring (bicyclic) bond motifs is 10. The minimum atomic E-state index is -0.479. The summed E-state index contributed by atoms with van der Waals surface area (Å²) < 4.78 is 49.7. The molecule has 11 aromatic rings. The molecular weight excluding hydrogens is 643 g/mol. The van der Waals surface area contributed by atoms with Crippen molar-refractivity contribution in [1.82, 2.24) is 24.1 Å². The Hall–Kier alpha value is -6.63. The average molecular weight is 675 g/mol. The minimum Gasteiger partial charge on any atom is -0.307 e. The molecule has 0 aliphatic heterocycles. The van der Waals surface area contributed by atoms with Crippen LogP contribution in [0, 0.1) is 0 Å². The molecule has 7 aromatic carbocycles. The van der Waals surface area contributed by atoms with E-state index in [1.165, 1.54) is 20.2 Å². The number of thiophene rings is 1. The first kappa shape index (κ1) is 23.7. The molecule has 0 bridgehead atoms. The smallest absolute Gasteiger partial charge is 0.238 e. The molecule has 0 aliphatic carbocycles. The molecule has 0 aliphatic rings. The first-order chi connectivity index (χ1) is 27.4. The van der Waals surface area contributed by atoms with Gasteiger partial charge in [-0.25, -0.2) is 4.98 Å². The molecule has 0 amide bonds. The van der Waals surface area contributed by atoms with Crippen molar-refractivity contribution in [3.05, 3.63) is 164 Å². The second kappa shape index (κ2) is 10.9. The van der Waals surface area contributed by atoms with Crippen LogP contribution in [-0.4, -0.2) is 24.1 Å². The van der Waals surface area contributed by atoms with Crippen LogP contribution in [0.15, 0.2) is 164 Å². The number of hydrogen-bond donors (Lipinski definition) is 0. The summed E-state index contributed by atoms with van der Waals surface area (Å²) in [7, 11) is 0. The summed E-state index contributed by atoms with van der Waals surface area (Å²) in [5.74, 6) is 0.556. The molecule has 0 atom stereocenters. The summed E-state index contributed by atoms with van der Waals surface area (Å²) in [4.78, 5) is 14.9. The Kier molecular flexibility index (Phi) is 5.08. The Balaban J connectivity index is 1.30. The number of aromatic nitrogens is 5. The second-order valence-corrected chi connectivity index (χ2v) is 13.6. The van der Waals surface area contributed by atoms with Gasteiger partial charge in [0.1, 0.15) is 0 Å². The Bertz CT molecular complexity index is 3410. The van der Waals surface area contributed by atoms with Crippen LogP contribution < -0.4 is 0 Å². The highest BCUT2D eigenvalue weighted by molar-refractivity contribution is 7.25. The molecule has 0 spiro atoms. The summed E-state index contributed by atoms with van der Waals surface area (Å²) in [6.45, 7) is 0. The van der Waals surface area contributed by atoms with Crippen LogP contribution >= 0.6 is 11.3 Å². The number of nitrogens with zero attached hydrogens (tertiary/aromatic N) is 5. The molecule has 11 rings (SSSR count). The van der Waals surface area contributed by atoms with Gasteiger partial charge in [0.05, 0.1) is 28.9 Å². The number of rotatable bonds is 4. The fourth-order valence-corrected chi connectivity index (χ4v) is 8.57. The maximum absolute atomic E-state index is 8.86. The number of benzene rings is 7. The van der Waals surface area contributed by atoms with Crippen LogP contribution in [0.5, 0.6) is 0 Å². The van der Waals surface area contributed by atoms with Crippen molar-refractivity contribution in [3.63, 3.8) is 0 Å². The predicted molar refractivity (Wildman–Crippen MR) is 212 cm³/mol. The molecule has 0 saturated carbocycles. The molecule has 51 heavy (non-hydrogen) atoms. The fourth-order valence-electron chi connectivity index (χ4n) is 7.48. The molecule has 0 N–H and O–H groups in total. The van der Waals surface area contributed by atoms with Crippen molar-refractivity contribution in [1.29, 1.82) is 0 Å². The summed E-state index contributed by atoms with van der Waals surface area (Å²) >= 11 is 1.79. The van der Waals surface area contributed by atoms with Crippen LogP contribution in [0.4, 0.5) is 0 Å². The number of para-hydroxylation sites is 2. The predicted octanol–water partition coefficient (Wildman–Crippen LogP) is 11.8. The van der Waals surface area contributed by atoms with Gasteiger partial charge >= 0.3 is 0 Å². The van der Waals surface area contributed by atoms with E-state index in [4.69, 9.17) is 21.8 Å². The minimum absolute atomic E-state index is 0.0145. The topological polar surface area (TPSA) is 48.5 Å². The van der Waals surface area contributed by atoms with E-state index >= 15 is 0 Å². The van der Waals surface area contributed by atoms with Gasteiger partial charge in [-0.1, -0.05) is 127 Å². The Labute approximate surface area is 303 Å². The summed E-state index contributed by atoms with van der Waals surface area (Å²) in [6.07, 6.45) is 0. The Morgan fingerprint density at radius 1 is 0.451 bits per heavy atom. The van der Waals surface area contributed by atoms with Gasteiger partial charge in [-0.3, -0.25) is 4.57 Å². The summed E-state index contributed by atoms with van der Waals surface area (Å²) in [6, 6.07) is 43.4. The highest BCUT2D eigenvalue weighted by Crippen LogP contribution is 2.43. The third kappa shape index (κ3) is 4.24. The lowest BCUT2D eigenvalue weighted by atomic mass is 10.1. The molecule has 0 radical (unpaired) electrons. The normalized spacial score (nSPS) is 13.3. The molecule has 0 saturated heterocycles. The van der Waals surface area contributed by atoms with Gasteiger partial charge in [-0.2, -0.15) is 9.97 Å². The SMILES string of the molecule is [2H]c1c([2H])c([2H])c(-c2nc(-c3ccccc3)nc(-n3c4ccccc4c4ccc5c6ccccc6n(-c6ccc7sc8ccccc8c7c6)c5c43)n2)c([2H])c1[2H]. The fraction of sp³-hybridized carbons (Fsp3) is 0. The Morgan fingerprint density at radius 2 is 1.04 bits per heavy atom. The van der Waals surface area contributed by atoms with Crippen LogP contribution in [-0.2, 0) is 0 Å². The molecule has 0 fully saturated rings. The van der Waals surface area contributed by atoms with Gasteiger partial charge in [-0.05, 0) is 36.4 Å². The van der Waals surface area contributed by atoms with Crippen molar-refractivity contribution in [2.24, 2.45) is 0 Å². The molecule has 4 aromatic heterocycles. The zero-order valence-corrected chi connectivity index (χ0v) is 27.7. The van der Waals surface area contributed by atoms with Crippen LogP contribution in [0.1, 0.15) is 6.85 Å². The summed E-state index contributed by atoms with van der Waals surface area (Å²) in [5, 5.41) is 6.53. The van der Waals surface area contributed by atoms with E-state index in [9.17, 15) is 0 Å². The van der Waals surface area contributed by atoms with E-state index in [1.54, 1.807) is 11.3 Å². The quantitative estimate of drug-likeness (QED) is 0.187. The molecule has 4 heterocycles. The molecule has 6 heteroatoms. The lowest BCUT2D eigenvalue weighted by Gasteiger charge is -2.13. The van der Waals surface area contributed by atoms with E-state index in [0.29, 0.717) is 11.4 Å². The van der Waals surface area contributed by atoms with Crippen LogP contribution in [0.2, 0.25) is 0 Å². The zero-order valence-electron chi connectivity index (χ0n) is 31.8. The zero-order chi connectivity index (χ0) is 37.8. The van der Waals surface area contributed by atoms with Crippen molar-refractivity contribution in [2.75, 3.05) is 0 Å². The monoisotopic (exact) mass is 674 g/mol. The lowest BCUT2D eigenvalue weighted by molar-refractivity contribution is 0.953. The van der Waals surface area contributed by atoms with Gasteiger partial charge in [0.2, 0.25) is 5.95 Å². The standard InChI is InChI=1S/C45H27N5S/c1-3-13-28(14-4-1)43-46-44(29-15-5-2-6-16-29)48-45(47-43)50-38-21-11-8-18-32(38)35-25-24-34-31-17-7-10-20-37(31)49(41(34)42(35)50)30-23-26-40-36(27-30)33-19-9-12-22-39(33)51-40/h1-27H/i1D,3D,4D,13D,14D. The highest BCUT2D eigenvalue weighted by Gasteiger charge is 2.23. The maximum atomic E-state index is 8.86. The van der Waals surface area contributed by atoms with E-state index in [-0.39, 0.29) is 29.4 Å². The van der Waals surface area contributed by atoms with Crippen molar-refractivity contribution in [3.8, 4) is 34.4 Å². The first-order valence-corrected chi connectivity index (χ1v) is 17.4. The average Bonchev–Trinajstić information content (AvgIpc) is 3.90. The second-order valence-electron chi connectivity index (χ2n) is 12.5. The molecule has 0 unspecified atom stereocenters. The van der Waals surface area contributed by atoms with E-state index in [2.05, 4.69) is 89.5 Å². The van der Waals surface area contributed by atoms with E-state index < -0.39 is 18.1 Å². The largest absolute Gasteiger partial charge is 0.307 e. The molecule has 5 nitrogen and oxygen atoms in total. The van der Waals surface area contributed by atoms with Gasteiger partial charge in [-0.15, -0.1) is 11.3 Å². The number of hydrogen-bond acceptors (Lipinski definition) is 4. The van der Waals surface area contributed by atoms with E-state index in [1.807, 2.05) is 53.1 Å². The van der Waals surface area contributed by atoms with Gasteiger partial charge in [0, 0.05) is 58.5 Å². The maximum Gasteiger partial charge on any atom is 0.238 e. The summed E-state index contributed by atoms with van der Waals surface area (Å²) in [5.41, 5.74) is 5.35. The van der Waals surface area contributed by atoms with Crippen molar-refractivity contribution >= 4 is 75.1 Å². The van der Waals surface area contributed by atoms with E-state index in [0.717, 1.165) is 49.3 Å². The Morgan fingerprint density at radius 3 is 1.78 bits per heavy atom. The van der Waals surface area contributed by atoms with Crippen molar-refractivity contribution < 1.29 is 6.85 Å². The highest BCUT2D eigenvalue weighted by atomic mass is 32.1. The van der Waals surface area contributed by atoms with Crippen LogP contribution in [0.3, 0.4) is 0 Å². The molecule has 238 valence electrons. The van der Waals surface area contributed by atoms with Crippen molar-refractivity contribution in [2.45, 2.75) is 0 Å².